The summed E-state index contributed by atoms with van der Waals surface area (Å²) in [5.74, 6) is 0.250. The molecule has 1 N–H and O–H groups in total. The van der Waals surface area contributed by atoms with Gasteiger partial charge in [-0.05, 0) is 31.5 Å². The van der Waals surface area contributed by atoms with Crippen LogP contribution in [0.25, 0.3) is 11.4 Å². The van der Waals surface area contributed by atoms with Crippen molar-refractivity contribution >= 4 is 17.6 Å². The molecule has 7 heteroatoms. The zero-order valence-corrected chi connectivity index (χ0v) is 13.4. The molecule has 1 aliphatic heterocycles. The third-order valence-electron chi connectivity index (χ3n) is 4.06. The Kier molecular flexibility index (Phi) is 4.93. The van der Waals surface area contributed by atoms with E-state index in [0.29, 0.717) is 36.1 Å². The van der Waals surface area contributed by atoms with E-state index in [2.05, 4.69) is 10.1 Å². The summed E-state index contributed by atoms with van der Waals surface area (Å²) in [7, 11) is 0. The van der Waals surface area contributed by atoms with Gasteiger partial charge in [0.25, 0.3) is 0 Å². The maximum atomic E-state index is 11.3. The van der Waals surface area contributed by atoms with Crippen LogP contribution in [0.1, 0.15) is 25.2 Å². The Morgan fingerprint density at radius 3 is 3.09 bits per heavy atom. The number of carbonyl (C=O) groups is 1. The number of nitrogens with zero attached hydrogens (tertiary/aromatic N) is 3. The summed E-state index contributed by atoms with van der Waals surface area (Å²) in [6, 6.07) is 6.86. The van der Waals surface area contributed by atoms with Crippen LogP contribution in [0.4, 0.5) is 0 Å². The van der Waals surface area contributed by atoms with Gasteiger partial charge in [-0.2, -0.15) is 4.98 Å². The first-order valence-corrected chi connectivity index (χ1v) is 8.06. The predicted molar refractivity (Wildman–Crippen MR) is 85.3 cm³/mol. The Bertz CT molecular complexity index is 689. The molecule has 1 fully saturated rings. The van der Waals surface area contributed by atoms with Gasteiger partial charge < -0.3 is 9.63 Å². The summed E-state index contributed by atoms with van der Waals surface area (Å²) in [4.78, 5) is 17.6. The van der Waals surface area contributed by atoms with E-state index in [-0.39, 0.29) is 0 Å². The molecular weight excluding hydrogens is 318 g/mol. The summed E-state index contributed by atoms with van der Waals surface area (Å²) in [5.41, 5.74) is 0.800. The van der Waals surface area contributed by atoms with Crippen molar-refractivity contribution in [1.29, 1.82) is 0 Å². The van der Waals surface area contributed by atoms with E-state index in [0.717, 1.165) is 24.9 Å². The molecule has 2 heterocycles. The zero-order valence-electron chi connectivity index (χ0n) is 12.6. The van der Waals surface area contributed by atoms with Gasteiger partial charge in [-0.1, -0.05) is 35.3 Å². The topological polar surface area (TPSA) is 79.5 Å². The molecule has 1 unspecified atom stereocenters. The SMILES string of the molecule is O=C(O)C1CCCCN1CCc1nc(-c2cccc(Cl)c2)no1. The first-order chi connectivity index (χ1) is 11.1. The fraction of sp³-hybridized carbons (Fsp3) is 0.438. The molecule has 3 rings (SSSR count). The molecule has 1 aromatic carbocycles. The number of carboxylic acid groups (broad SMARTS) is 1. The lowest BCUT2D eigenvalue weighted by molar-refractivity contribution is -0.144. The van der Waals surface area contributed by atoms with Crippen molar-refractivity contribution in [2.75, 3.05) is 13.1 Å². The maximum absolute atomic E-state index is 11.3. The highest BCUT2D eigenvalue weighted by molar-refractivity contribution is 6.30. The Balaban J connectivity index is 1.64. The molecule has 0 bridgehead atoms. The highest BCUT2D eigenvalue weighted by Crippen LogP contribution is 2.21. The van der Waals surface area contributed by atoms with Crippen LogP contribution in [0.2, 0.25) is 5.02 Å². The van der Waals surface area contributed by atoms with Gasteiger partial charge in [0.05, 0.1) is 0 Å². The van der Waals surface area contributed by atoms with Crippen molar-refractivity contribution in [3.8, 4) is 11.4 Å². The lowest BCUT2D eigenvalue weighted by Crippen LogP contribution is -2.45. The normalized spacial score (nSPS) is 18.9. The van der Waals surface area contributed by atoms with Crippen LogP contribution in [0.15, 0.2) is 28.8 Å². The number of benzene rings is 1. The molecule has 23 heavy (non-hydrogen) atoms. The fourth-order valence-electron chi connectivity index (χ4n) is 2.88. The third kappa shape index (κ3) is 3.89. The minimum atomic E-state index is -0.755. The summed E-state index contributed by atoms with van der Waals surface area (Å²) in [6.45, 7) is 1.40. The molecule has 0 radical (unpaired) electrons. The van der Waals surface area contributed by atoms with Gasteiger partial charge in [0.2, 0.25) is 11.7 Å². The van der Waals surface area contributed by atoms with E-state index in [1.54, 1.807) is 12.1 Å². The van der Waals surface area contributed by atoms with Crippen molar-refractivity contribution in [2.45, 2.75) is 31.7 Å². The van der Waals surface area contributed by atoms with E-state index in [9.17, 15) is 9.90 Å². The Labute approximate surface area is 139 Å². The molecule has 1 saturated heterocycles. The molecule has 0 spiro atoms. The second-order valence-corrected chi connectivity index (χ2v) is 6.09. The van der Waals surface area contributed by atoms with Crippen LogP contribution in [-0.2, 0) is 11.2 Å². The molecule has 0 amide bonds. The number of carboxylic acids is 1. The van der Waals surface area contributed by atoms with E-state index in [1.165, 1.54) is 0 Å². The van der Waals surface area contributed by atoms with Gasteiger partial charge in [0.1, 0.15) is 6.04 Å². The molecule has 0 saturated carbocycles. The number of aromatic nitrogens is 2. The molecule has 1 aliphatic rings. The van der Waals surface area contributed by atoms with E-state index >= 15 is 0 Å². The van der Waals surface area contributed by atoms with Crippen molar-refractivity contribution in [3.05, 3.63) is 35.2 Å². The summed E-state index contributed by atoms with van der Waals surface area (Å²) < 4.78 is 5.27. The van der Waals surface area contributed by atoms with Crippen LogP contribution in [0.5, 0.6) is 0 Å². The van der Waals surface area contributed by atoms with Gasteiger partial charge in [-0.3, -0.25) is 9.69 Å². The number of hydrogen-bond acceptors (Lipinski definition) is 5. The number of piperidine rings is 1. The van der Waals surface area contributed by atoms with Crippen molar-refractivity contribution in [3.63, 3.8) is 0 Å². The lowest BCUT2D eigenvalue weighted by Gasteiger charge is -2.32. The highest BCUT2D eigenvalue weighted by atomic mass is 35.5. The Morgan fingerprint density at radius 1 is 1.43 bits per heavy atom. The molecule has 6 nitrogen and oxygen atoms in total. The van der Waals surface area contributed by atoms with Crippen LogP contribution < -0.4 is 0 Å². The minimum Gasteiger partial charge on any atom is -0.480 e. The van der Waals surface area contributed by atoms with Crippen molar-refractivity contribution < 1.29 is 14.4 Å². The van der Waals surface area contributed by atoms with E-state index in [1.807, 2.05) is 17.0 Å². The lowest BCUT2D eigenvalue weighted by atomic mass is 10.0. The molecule has 1 atom stereocenters. The number of hydrogen-bond donors (Lipinski definition) is 1. The first kappa shape index (κ1) is 16.0. The van der Waals surface area contributed by atoms with Gasteiger partial charge in [0.15, 0.2) is 0 Å². The average molecular weight is 336 g/mol. The Morgan fingerprint density at radius 2 is 2.30 bits per heavy atom. The average Bonchev–Trinajstić information content (AvgIpc) is 3.02. The molecular formula is C16H18ClN3O3. The maximum Gasteiger partial charge on any atom is 0.320 e. The standard InChI is InChI=1S/C16H18ClN3O3/c17-12-5-3-4-11(10-12)15-18-14(23-19-15)7-9-20-8-2-1-6-13(20)16(21)22/h3-5,10,13H,1-2,6-9H2,(H,21,22). The minimum absolute atomic E-state index is 0.404. The largest absolute Gasteiger partial charge is 0.480 e. The van der Waals surface area contributed by atoms with Gasteiger partial charge >= 0.3 is 5.97 Å². The number of likely N-dealkylation sites (tertiary alicyclic amines) is 1. The van der Waals surface area contributed by atoms with Gasteiger partial charge in [-0.25, -0.2) is 0 Å². The zero-order chi connectivity index (χ0) is 16.2. The summed E-state index contributed by atoms with van der Waals surface area (Å²) in [6.07, 6.45) is 3.23. The third-order valence-corrected chi connectivity index (χ3v) is 4.30. The summed E-state index contributed by atoms with van der Waals surface area (Å²) >= 11 is 5.96. The summed E-state index contributed by atoms with van der Waals surface area (Å²) in [5, 5.41) is 13.9. The number of aliphatic carboxylic acids is 1. The second kappa shape index (κ2) is 7.10. The molecule has 122 valence electrons. The van der Waals surface area contributed by atoms with Crippen molar-refractivity contribution in [2.24, 2.45) is 0 Å². The first-order valence-electron chi connectivity index (χ1n) is 7.69. The molecule has 1 aromatic heterocycles. The van der Waals surface area contributed by atoms with Crippen LogP contribution in [0.3, 0.4) is 0 Å². The second-order valence-electron chi connectivity index (χ2n) is 5.66. The van der Waals surface area contributed by atoms with Crippen LogP contribution >= 0.6 is 11.6 Å². The monoisotopic (exact) mass is 335 g/mol. The number of rotatable bonds is 5. The predicted octanol–water partition coefficient (Wildman–Crippen LogP) is 2.87. The Hall–Kier alpha value is -1.92. The van der Waals surface area contributed by atoms with E-state index in [4.69, 9.17) is 16.1 Å². The van der Waals surface area contributed by atoms with Crippen LogP contribution in [0, 0.1) is 0 Å². The van der Waals surface area contributed by atoms with E-state index < -0.39 is 12.0 Å². The number of halogens is 1. The van der Waals surface area contributed by atoms with Crippen LogP contribution in [-0.4, -0.2) is 45.2 Å². The fourth-order valence-corrected chi connectivity index (χ4v) is 3.07. The quantitative estimate of drug-likeness (QED) is 0.905. The smallest absolute Gasteiger partial charge is 0.320 e. The van der Waals surface area contributed by atoms with Gasteiger partial charge in [0, 0.05) is 23.6 Å². The highest BCUT2D eigenvalue weighted by Gasteiger charge is 2.28. The van der Waals surface area contributed by atoms with Gasteiger partial charge in [-0.15, -0.1) is 0 Å². The van der Waals surface area contributed by atoms with Crippen molar-refractivity contribution in [1.82, 2.24) is 15.0 Å². The molecule has 2 aromatic rings. The molecule has 0 aliphatic carbocycles.